The molecule has 0 fully saturated rings. The average Bonchev–Trinajstić information content (AvgIpc) is 2.15. The smallest absolute Gasteiger partial charge is 0.265 e. The van der Waals surface area contributed by atoms with Crippen LogP contribution in [0.3, 0.4) is 0 Å². The summed E-state index contributed by atoms with van der Waals surface area (Å²) in [5.41, 5.74) is -0.214. The van der Waals surface area contributed by atoms with Gasteiger partial charge in [-0.2, -0.15) is 13.2 Å². The summed E-state index contributed by atoms with van der Waals surface area (Å²) in [6.07, 6.45) is -4.37. The lowest BCUT2D eigenvalue weighted by atomic mass is 10.00. The fourth-order valence-corrected chi connectivity index (χ4v) is 1.33. The first kappa shape index (κ1) is 12.5. The number of hydrogen-bond donors (Lipinski definition) is 0. The van der Waals surface area contributed by atoms with E-state index < -0.39 is 22.6 Å². The molecule has 16 heavy (non-hydrogen) atoms. The zero-order valence-electron chi connectivity index (χ0n) is 8.49. The molecule has 0 heterocycles. The minimum Gasteiger partial charge on any atom is -0.265 e. The van der Waals surface area contributed by atoms with Crippen molar-refractivity contribution in [2.75, 3.05) is 6.54 Å². The molecule has 1 aromatic carbocycles. The highest BCUT2D eigenvalue weighted by Crippen LogP contribution is 2.30. The van der Waals surface area contributed by atoms with Crippen molar-refractivity contribution in [2.45, 2.75) is 19.0 Å². The molecule has 1 atom stereocenters. The molecule has 0 spiro atoms. The molecular formula is C10H10F3NO2. The molecule has 1 aromatic rings. The van der Waals surface area contributed by atoms with E-state index in [-0.39, 0.29) is 6.54 Å². The van der Waals surface area contributed by atoms with Crippen LogP contribution in [0.15, 0.2) is 24.3 Å². The summed E-state index contributed by atoms with van der Waals surface area (Å²) in [5, 5.41) is 10.2. The van der Waals surface area contributed by atoms with Crippen LogP contribution in [-0.4, -0.2) is 11.5 Å². The summed E-state index contributed by atoms with van der Waals surface area (Å²) in [6.45, 7) is 1.32. The van der Waals surface area contributed by atoms with Gasteiger partial charge in [-0.15, -0.1) is 0 Å². The third-order valence-electron chi connectivity index (χ3n) is 2.23. The summed E-state index contributed by atoms with van der Waals surface area (Å²) in [4.78, 5) is 9.75. The van der Waals surface area contributed by atoms with Gasteiger partial charge in [0.15, 0.2) is 0 Å². The van der Waals surface area contributed by atoms with E-state index in [9.17, 15) is 23.3 Å². The van der Waals surface area contributed by atoms with Crippen molar-refractivity contribution in [1.82, 2.24) is 0 Å². The minimum absolute atomic E-state index is 0.286. The van der Waals surface area contributed by atoms with Gasteiger partial charge in [0, 0.05) is 10.8 Å². The van der Waals surface area contributed by atoms with Crippen LogP contribution >= 0.6 is 0 Å². The summed E-state index contributed by atoms with van der Waals surface area (Å²) < 4.78 is 36.7. The van der Waals surface area contributed by atoms with Crippen molar-refractivity contribution < 1.29 is 18.1 Å². The highest BCUT2D eigenvalue weighted by molar-refractivity contribution is 5.26. The molecule has 0 aliphatic carbocycles. The van der Waals surface area contributed by atoms with E-state index in [2.05, 4.69) is 0 Å². The van der Waals surface area contributed by atoms with Gasteiger partial charge in [-0.05, 0) is 17.7 Å². The fourth-order valence-electron chi connectivity index (χ4n) is 1.33. The summed E-state index contributed by atoms with van der Waals surface area (Å²) in [7, 11) is 0. The van der Waals surface area contributed by atoms with Gasteiger partial charge < -0.3 is 0 Å². The summed E-state index contributed by atoms with van der Waals surface area (Å²) in [5.74, 6) is -0.391. The third kappa shape index (κ3) is 3.22. The first-order valence-corrected chi connectivity index (χ1v) is 4.59. The maximum atomic E-state index is 12.2. The van der Waals surface area contributed by atoms with Gasteiger partial charge in [0.25, 0.3) is 0 Å². The quantitative estimate of drug-likeness (QED) is 0.594. The zero-order chi connectivity index (χ0) is 12.3. The van der Waals surface area contributed by atoms with Crippen LogP contribution in [0.4, 0.5) is 13.2 Å². The van der Waals surface area contributed by atoms with Crippen LogP contribution in [0, 0.1) is 10.1 Å². The fraction of sp³-hybridized carbons (Fsp3) is 0.400. The topological polar surface area (TPSA) is 43.1 Å². The Morgan fingerprint density at radius 3 is 2.19 bits per heavy atom. The monoisotopic (exact) mass is 233 g/mol. The predicted octanol–water partition coefficient (Wildman–Crippen LogP) is 3.09. The van der Waals surface area contributed by atoms with Crippen LogP contribution in [0.2, 0.25) is 0 Å². The van der Waals surface area contributed by atoms with Gasteiger partial charge in [0.05, 0.1) is 5.56 Å². The van der Waals surface area contributed by atoms with Crippen LogP contribution in [-0.2, 0) is 6.18 Å². The SMILES string of the molecule is C[C@H](C[N+](=O)[O-])c1ccc(C(F)(F)F)cc1. The lowest BCUT2D eigenvalue weighted by molar-refractivity contribution is -0.482. The summed E-state index contributed by atoms with van der Waals surface area (Å²) >= 11 is 0. The van der Waals surface area contributed by atoms with Crippen LogP contribution < -0.4 is 0 Å². The van der Waals surface area contributed by atoms with Gasteiger partial charge in [-0.25, -0.2) is 0 Å². The molecule has 1 rings (SSSR count). The number of halogens is 3. The molecule has 0 bridgehead atoms. The van der Waals surface area contributed by atoms with Gasteiger partial charge in [-0.3, -0.25) is 10.1 Å². The van der Waals surface area contributed by atoms with Gasteiger partial charge in [0.1, 0.15) is 0 Å². The van der Waals surface area contributed by atoms with E-state index in [1.54, 1.807) is 6.92 Å². The molecule has 0 aromatic heterocycles. The van der Waals surface area contributed by atoms with E-state index in [4.69, 9.17) is 0 Å². The van der Waals surface area contributed by atoms with Gasteiger partial charge >= 0.3 is 6.18 Å². The lowest BCUT2D eigenvalue weighted by Crippen LogP contribution is -2.10. The Hall–Kier alpha value is -1.59. The van der Waals surface area contributed by atoms with E-state index >= 15 is 0 Å². The van der Waals surface area contributed by atoms with Gasteiger partial charge in [0.2, 0.25) is 6.54 Å². The van der Waals surface area contributed by atoms with Crippen molar-refractivity contribution in [3.63, 3.8) is 0 Å². The van der Waals surface area contributed by atoms with Crippen molar-refractivity contribution in [1.29, 1.82) is 0 Å². The van der Waals surface area contributed by atoms with Crippen molar-refractivity contribution in [3.05, 3.63) is 45.5 Å². The molecule has 0 unspecified atom stereocenters. The molecule has 0 amide bonds. The Morgan fingerprint density at radius 2 is 1.81 bits per heavy atom. The number of hydrogen-bond acceptors (Lipinski definition) is 2. The molecule has 6 heteroatoms. The first-order chi connectivity index (χ1) is 7.30. The number of nitrogens with zero attached hydrogens (tertiary/aromatic N) is 1. The minimum atomic E-state index is -4.37. The number of nitro groups is 1. The Balaban J connectivity index is 2.83. The Bertz CT molecular complexity index is 373. The second-order valence-corrected chi connectivity index (χ2v) is 3.54. The average molecular weight is 233 g/mol. The molecule has 0 saturated heterocycles. The number of benzene rings is 1. The van der Waals surface area contributed by atoms with Crippen molar-refractivity contribution >= 4 is 0 Å². The molecule has 88 valence electrons. The normalized spacial score (nSPS) is 13.5. The maximum absolute atomic E-state index is 12.2. The largest absolute Gasteiger partial charge is 0.416 e. The third-order valence-corrected chi connectivity index (χ3v) is 2.23. The molecule has 0 saturated carbocycles. The first-order valence-electron chi connectivity index (χ1n) is 4.59. The number of alkyl halides is 3. The number of rotatable bonds is 3. The van der Waals surface area contributed by atoms with Gasteiger partial charge in [-0.1, -0.05) is 19.1 Å². The second kappa shape index (κ2) is 4.51. The molecular weight excluding hydrogens is 223 g/mol. The van der Waals surface area contributed by atoms with E-state index in [0.717, 1.165) is 12.1 Å². The van der Waals surface area contributed by atoms with E-state index in [0.29, 0.717) is 5.56 Å². The Kier molecular flexibility index (Phi) is 3.51. The zero-order valence-corrected chi connectivity index (χ0v) is 8.49. The van der Waals surface area contributed by atoms with E-state index in [1.165, 1.54) is 12.1 Å². The lowest BCUT2D eigenvalue weighted by Gasteiger charge is -2.10. The highest BCUT2D eigenvalue weighted by atomic mass is 19.4. The second-order valence-electron chi connectivity index (χ2n) is 3.54. The highest BCUT2D eigenvalue weighted by Gasteiger charge is 2.30. The van der Waals surface area contributed by atoms with Crippen LogP contribution in [0.5, 0.6) is 0 Å². The Morgan fingerprint density at radius 1 is 1.31 bits per heavy atom. The van der Waals surface area contributed by atoms with Crippen LogP contribution in [0.1, 0.15) is 24.0 Å². The molecule has 0 radical (unpaired) electrons. The maximum Gasteiger partial charge on any atom is 0.416 e. The molecule has 0 aliphatic heterocycles. The molecule has 0 aliphatic rings. The molecule has 0 N–H and O–H groups in total. The van der Waals surface area contributed by atoms with E-state index in [1.807, 2.05) is 0 Å². The molecule has 3 nitrogen and oxygen atoms in total. The summed E-state index contributed by atoms with van der Waals surface area (Å²) in [6, 6.07) is 4.42. The Labute approximate surface area is 90.0 Å². The standard InChI is InChI=1S/C10H10F3NO2/c1-7(6-14(15)16)8-2-4-9(5-3-8)10(11,12)13/h2-5,7H,6H2,1H3/t7-/m1/s1. The predicted molar refractivity (Wildman–Crippen MR) is 51.7 cm³/mol. The van der Waals surface area contributed by atoms with Crippen LogP contribution in [0.25, 0.3) is 0 Å². The van der Waals surface area contributed by atoms with Crippen molar-refractivity contribution in [2.24, 2.45) is 0 Å². The van der Waals surface area contributed by atoms with Crippen molar-refractivity contribution in [3.8, 4) is 0 Å².